The minimum atomic E-state index is 0.612. The quantitative estimate of drug-likeness (QED) is 0.822. The van der Waals surface area contributed by atoms with E-state index in [1.807, 2.05) is 6.07 Å². The van der Waals surface area contributed by atoms with Crippen LogP contribution in [0.3, 0.4) is 0 Å². The van der Waals surface area contributed by atoms with Crippen LogP contribution in [0.15, 0.2) is 42.5 Å². The molecular weight excluding hydrogens is 270 g/mol. The standard InChI is InChI=1S/C20H25NO/c1-15-10-16(2)12-19(11-15)21-9-8-18(13-21)14-22-20-7-5-4-6-17(20)3/h4-7,10-12,18H,8-9,13-14H2,1-3H3. The van der Waals surface area contributed by atoms with Gasteiger partial charge in [-0.25, -0.2) is 0 Å². The normalized spacial score (nSPS) is 17.8. The molecule has 0 amide bonds. The molecule has 2 aromatic carbocycles. The predicted octanol–water partition coefficient (Wildman–Crippen LogP) is 4.52. The van der Waals surface area contributed by atoms with E-state index in [-0.39, 0.29) is 0 Å². The van der Waals surface area contributed by atoms with Gasteiger partial charge in [0, 0.05) is 24.7 Å². The predicted molar refractivity (Wildman–Crippen MR) is 92.9 cm³/mol. The maximum Gasteiger partial charge on any atom is 0.122 e. The van der Waals surface area contributed by atoms with Crippen molar-refractivity contribution in [2.45, 2.75) is 27.2 Å². The summed E-state index contributed by atoms with van der Waals surface area (Å²) < 4.78 is 6.03. The third kappa shape index (κ3) is 3.44. The molecule has 0 spiro atoms. The summed E-state index contributed by atoms with van der Waals surface area (Å²) in [6.45, 7) is 9.48. The SMILES string of the molecule is Cc1cc(C)cc(N2CCC(COc3ccccc3C)C2)c1. The van der Waals surface area contributed by atoms with Crippen molar-refractivity contribution in [1.82, 2.24) is 0 Å². The fourth-order valence-corrected chi connectivity index (χ4v) is 3.26. The van der Waals surface area contributed by atoms with E-state index in [0.717, 1.165) is 25.4 Å². The van der Waals surface area contributed by atoms with Gasteiger partial charge in [-0.05, 0) is 62.1 Å². The van der Waals surface area contributed by atoms with Gasteiger partial charge < -0.3 is 9.64 Å². The average Bonchev–Trinajstić information content (AvgIpc) is 2.94. The summed E-state index contributed by atoms with van der Waals surface area (Å²) in [5, 5.41) is 0. The van der Waals surface area contributed by atoms with Crippen molar-refractivity contribution >= 4 is 5.69 Å². The molecule has 1 unspecified atom stereocenters. The van der Waals surface area contributed by atoms with Crippen LogP contribution in [0.1, 0.15) is 23.1 Å². The third-order valence-electron chi connectivity index (χ3n) is 4.43. The van der Waals surface area contributed by atoms with Gasteiger partial charge in [-0.2, -0.15) is 0 Å². The van der Waals surface area contributed by atoms with Crippen LogP contribution < -0.4 is 9.64 Å². The zero-order valence-electron chi connectivity index (χ0n) is 13.8. The lowest BCUT2D eigenvalue weighted by Crippen LogP contribution is -2.22. The van der Waals surface area contributed by atoms with Crippen molar-refractivity contribution in [3.8, 4) is 5.75 Å². The fraction of sp³-hybridized carbons (Fsp3) is 0.400. The second-order valence-corrected chi connectivity index (χ2v) is 6.52. The highest BCUT2D eigenvalue weighted by Gasteiger charge is 2.23. The molecule has 2 nitrogen and oxygen atoms in total. The number of para-hydroxylation sites is 1. The van der Waals surface area contributed by atoms with E-state index in [2.05, 4.69) is 62.1 Å². The summed E-state index contributed by atoms with van der Waals surface area (Å²) in [5.41, 5.74) is 5.26. The first-order chi connectivity index (χ1) is 10.6. The Hall–Kier alpha value is -1.96. The molecule has 0 N–H and O–H groups in total. The van der Waals surface area contributed by atoms with Crippen LogP contribution in [-0.4, -0.2) is 19.7 Å². The lowest BCUT2D eigenvalue weighted by molar-refractivity contribution is 0.259. The van der Waals surface area contributed by atoms with Crippen molar-refractivity contribution in [3.05, 3.63) is 59.2 Å². The van der Waals surface area contributed by atoms with Crippen LogP contribution in [0.2, 0.25) is 0 Å². The summed E-state index contributed by atoms with van der Waals surface area (Å²) in [7, 11) is 0. The van der Waals surface area contributed by atoms with Crippen molar-refractivity contribution < 1.29 is 4.74 Å². The van der Waals surface area contributed by atoms with Crippen LogP contribution in [0.5, 0.6) is 5.75 Å². The number of hydrogen-bond donors (Lipinski definition) is 0. The van der Waals surface area contributed by atoms with E-state index in [1.54, 1.807) is 0 Å². The maximum atomic E-state index is 6.03. The minimum absolute atomic E-state index is 0.612. The molecule has 0 aliphatic carbocycles. The van der Waals surface area contributed by atoms with Crippen LogP contribution in [0.4, 0.5) is 5.69 Å². The number of aryl methyl sites for hydroxylation is 3. The highest BCUT2D eigenvalue weighted by atomic mass is 16.5. The van der Waals surface area contributed by atoms with E-state index in [9.17, 15) is 0 Å². The maximum absolute atomic E-state index is 6.03. The first-order valence-corrected chi connectivity index (χ1v) is 8.13. The summed E-state index contributed by atoms with van der Waals surface area (Å²) in [4.78, 5) is 2.49. The van der Waals surface area contributed by atoms with Crippen molar-refractivity contribution in [1.29, 1.82) is 0 Å². The number of anilines is 1. The smallest absolute Gasteiger partial charge is 0.122 e. The fourth-order valence-electron chi connectivity index (χ4n) is 3.26. The van der Waals surface area contributed by atoms with Crippen LogP contribution in [0, 0.1) is 26.7 Å². The summed E-state index contributed by atoms with van der Waals surface area (Å²) in [6, 6.07) is 15.1. The summed E-state index contributed by atoms with van der Waals surface area (Å²) >= 11 is 0. The van der Waals surface area contributed by atoms with Gasteiger partial charge in [0.1, 0.15) is 5.75 Å². The first kappa shape index (κ1) is 15.0. The van der Waals surface area contributed by atoms with Crippen molar-refractivity contribution in [2.24, 2.45) is 5.92 Å². The van der Waals surface area contributed by atoms with Gasteiger partial charge in [-0.15, -0.1) is 0 Å². The third-order valence-corrected chi connectivity index (χ3v) is 4.43. The number of ether oxygens (including phenoxy) is 1. The number of benzene rings is 2. The Morgan fingerprint density at radius 2 is 1.77 bits per heavy atom. The second kappa shape index (κ2) is 6.43. The molecule has 22 heavy (non-hydrogen) atoms. The Morgan fingerprint density at radius 1 is 1.05 bits per heavy atom. The topological polar surface area (TPSA) is 12.5 Å². The van der Waals surface area contributed by atoms with E-state index in [0.29, 0.717) is 5.92 Å². The highest BCUT2D eigenvalue weighted by Crippen LogP contribution is 2.27. The van der Waals surface area contributed by atoms with Gasteiger partial charge in [-0.1, -0.05) is 24.3 Å². The average molecular weight is 295 g/mol. The zero-order chi connectivity index (χ0) is 15.5. The molecule has 1 saturated heterocycles. The summed E-state index contributed by atoms with van der Waals surface area (Å²) in [5.74, 6) is 1.63. The molecular formula is C20H25NO. The van der Waals surface area contributed by atoms with Gasteiger partial charge in [0.05, 0.1) is 6.61 Å². The molecule has 0 radical (unpaired) electrons. The summed E-state index contributed by atoms with van der Waals surface area (Å²) in [6.07, 6.45) is 1.21. The first-order valence-electron chi connectivity index (χ1n) is 8.13. The second-order valence-electron chi connectivity index (χ2n) is 6.52. The van der Waals surface area contributed by atoms with E-state index < -0.39 is 0 Å². The van der Waals surface area contributed by atoms with Crippen LogP contribution >= 0.6 is 0 Å². The van der Waals surface area contributed by atoms with E-state index in [1.165, 1.54) is 28.8 Å². The molecule has 2 aromatic rings. The molecule has 1 atom stereocenters. The zero-order valence-corrected chi connectivity index (χ0v) is 13.8. The Bertz CT molecular complexity index is 630. The highest BCUT2D eigenvalue weighted by molar-refractivity contribution is 5.51. The van der Waals surface area contributed by atoms with E-state index in [4.69, 9.17) is 4.74 Å². The number of nitrogens with zero attached hydrogens (tertiary/aromatic N) is 1. The van der Waals surface area contributed by atoms with Gasteiger partial charge in [-0.3, -0.25) is 0 Å². The van der Waals surface area contributed by atoms with Crippen LogP contribution in [-0.2, 0) is 0 Å². The monoisotopic (exact) mass is 295 g/mol. The van der Waals surface area contributed by atoms with Crippen molar-refractivity contribution in [2.75, 3.05) is 24.6 Å². The van der Waals surface area contributed by atoms with Gasteiger partial charge in [0.25, 0.3) is 0 Å². The molecule has 3 rings (SSSR count). The molecule has 1 heterocycles. The van der Waals surface area contributed by atoms with Gasteiger partial charge >= 0.3 is 0 Å². The van der Waals surface area contributed by atoms with Gasteiger partial charge in [0.2, 0.25) is 0 Å². The molecule has 2 heteroatoms. The van der Waals surface area contributed by atoms with Gasteiger partial charge in [0.15, 0.2) is 0 Å². The Kier molecular flexibility index (Phi) is 4.37. The molecule has 1 fully saturated rings. The molecule has 1 aliphatic rings. The molecule has 116 valence electrons. The Morgan fingerprint density at radius 3 is 2.50 bits per heavy atom. The Balaban J connectivity index is 1.59. The van der Waals surface area contributed by atoms with Crippen LogP contribution in [0.25, 0.3) is 0 Å². The van der Waals surface area contributed by atoms with Crippen molar-refractivity contribution in [3.63, 3.8) is 0 Å². The number of hydrogen-bond acceptors (Lipinski definition) is 2. The largest absolute Gasteiger partial charge is 0.493 e. The van der Waals surface area contributed by atoms with E-state index >= 15 is 0 Å². The minimum Gasteiger partial charge on any atom is -0.493 e. The molecule has 0 aromatic heterocycles. The molecule has 0 saturated carbocycles. The Labute approximate surface area is 133 Å². The lowest BCUT2D eigenvalue weighted by atomic mass is 10.1. The molecule has 1 aliphatic heterocycles. The lowest BCUT2D eigenvalue weighted by Gasteiger charge is -2.20. The number of rotatable bonds is 4. The molecule has 0 bridgehead atoms.